The van der Waals surface area contributed by atoms with Crippen molar-refractivity contribution in [2.45, 2.75) is 25.8 Å². The van der Waals surface area contributed by atoms with Gasteiger partial charge in [-0.15, -0.1) is 0 Å². The summed E-state index contributed by atoms with van der Waals surface area (Å²) in [5.74, 6) is 6.21. The van der Waals surface area contributed by atoms with Crippen LogP contribution in [0.2, 0.25) is 0 Å². The van der Waals surface area contributed by atoms with Crippen molar-refractivity contribution in [3.8, 4) is 11.8 Å². The van der Waals surface area contributed by atoms with Crippen molar-refractivity contribution in [2.75, 3.05) is 13.2 Å². The highest BCUT2D eigenvalue weighted by Gasteiger charge is 2.20. The van der Waals surface area contributed by atoms with Gasteiger partial charge in [0.05, 0.1) is 6.61 Å². The summed E-state index contributed by atoms with van der Waals surface area (Å²) >= 11 is 0. The molecule has 1 aliphatic heterocycles. The molecule has 3 nitrogen and oxygen atoms in total. The normalized spacial score (nSPS) is 14.5. The molecule has 1 amide bonds. The minimum Gasteiger partial charge on any atom is -0.395 e. The first-order valence-corrected chi connectivity index (χ1v) is 6.26. The lowest BCUT2D eigenvalue weighted by atomic mass is 10.1. The van der Waals surface area contributed by atoms with Crippen LogP contribution in [-0.2, 0) is 11.3 Å². The maximum absolute atomic E-state index is 11.6. The number of carbonyl (C=O) groups excluding carboxylic acids is 1. The van der Waals surface area contributed by atoms with E-state index in [9.17, 15) is 4.79 Å². The Bertz CT molecular complexity index is 485. The molecule has 1 aliphatic rings. The summed E-state index contributed by atoms with van der Waals surface area (Å²) in [7, 11) is 0. The van der Waals surface area contributed by atoms with Crippen LogP contribution in [0.4, 0.5) is 0 Å². The van der Waals surface area contributed by atoms with Crippen molar-refractivity contribution in [1.82, 2.24) is 4.90 Å². The van der Waals surface area contributed by atoms with Crippen LogP contribution >= 0.6 is 0 Å². The standard InChI is InChI=1S/C15H17NO2/c17-11-4-3-7-13-6-1-2-8-14(13)12-16-10-5-9-15(16)18/h1-2,6,8,17H,4-5,9-12H2. The van der Waals surface area contributed by atoms with Crippen LogP contribution < -0.4 is 0 Å². The van der Waals surface area contributed by atoms with E-state index >= 15 is 0 Å². The zero-order valence-corrected chi connectivity index (χ0v) is 10.4. The van der Waals surface area contributed by atoms with E-state index in [-0.39, 0.29) is 12.5 Å². The highest BCUT2D eigenvalue weighted by atomic mass is 16.2. The number of rotatable bonds is 3. The molecule has 1 N–H and O–H groups in total. The van der Waals surface area contributed by atoms with Crippen LogP contribution in [0.5, 0.6) is 0 Å². The first-order valence-electron chi connectivity index (χ1n) is 6.26. The summed E-state index contributed by atoms with van der Waals surface area (Å²) in [4.78, 5) is 13.5. The van der Waals surface area contributed by atoms with E-state index in [0.29, 0.717) is 19.4 Å². The molecule has 1 heterocycles. The van der Waals surface area contributed by atoms with E-state index < -0.39 is 0 Å². The molecule has 1 saturated heterocycles. The molecule has 0 aromatic heterocycles. The second kappa shape index (κ2) is 6.23. The Labute approximate surface area is 107 Å². The number of aliphatic hydroxyl groups is 1. The van der Waals surface area contributed by atoms with Crippen molar-refractivity contribution in [1.29, 1.82) is 0 Å². The maximum Gasteiger partial charge on any atom is 0.222 e. The van der Waals surface area contributed by atoms with Gasteiger partial charge >= 0.3 is 0 Å². The number of nitrogens with zero attached hydrogens (tertiary/aromatic N) is 1. The number of benzene rings is 1. The number of amides is 1. The summed E-state index contributed by atoms with van der Waals surface area (Å²) in [5, 5.41) is 8.72. The Kier molecular flexibility index (Phi) is 4.38. The third kappa shape index (κ3) is 3.12. The third-order valence-corrected chi connectivity index (χ3v) is 3.01. The van der Waals surface area contributed by atoms with Gasteiger partial charge in [0, 0.05) is 31.5 Å². The second-order valence-electron chi connectivity index (χ2n) is 4.35. The highest BCUT2D eigenvalue weighted by Crippen LogP contribution is 2.16. The van der Waals surface area contributed by atoms with Crippen LogP contribution in [0, 0.1) is 11.8 Å². The Morgan fingerprint density at radius 1 is 1.33 bits per heavy atom. The average Bonchev–Trinajstić information content (AvgIpc) is 2.78. The van der Waals surface area contributed by atoms with Gasteiger partial charge in [-0.2, -0.15) is 0 Å². The van der Waals surface area contributed by atoms with Gasteiger partial charge in [0.25, 0.3) is 0 Å². The van der Waals surface area contributed by atoms with Gasteiger partial charge < -0.3 is 10.0 Å². The van der Waals surface area contributed by atoms with Gasteiger partial charge in [-0.1, -0.05) is 30.0 Å². The Hall–Kier alpha value is -1.79. The molecule has 0 aliphatic carbocycles. The highest BCUT2D eigenvalue weighted by molar-refractivity contribution is 5.78. The molecular formula is C15H17NO2. The van der Waals surface area contributed by atoms with Crippen LogP contribution in [0.1, 0.15) is 30.4 Å². The van der Waals surface area contributed by atoms with Crippen LogP contribution in [-0.4, -0.2) is 29.1 Å². The average molecular weight is 243 g/mol. The predicted molar refractivity (Wildman–Crippen MR) is 69.7 cm³/mol. The lowest BCUT2D eigenvalue weighted by Gasteiger charge is -2.16. The number of hydrogen-bond donors (Lipinski definition) is 1. The molecule has 0 radical (unpaired) electrons. The molecule has 2 rings (SSSR count). The second-order valence-corrected chi connectivity index (χ2v) is 4.35. The van der Waals surface area contributed by atoms with Gasteiger partial charge in [-0.05, 0) is 18.1 Å². The van der Waals surface area contributed by atoms with Crippen LogP contribution in [0.3, 0.4) is 0 Å². The molecule has 0 unspecified atom stereocenters. The largest absolute Gasteiger partial charge is 0.395 e. The molecule has 94 valence electrons. The van der Waals surface area contributed by atoms with Crippen molar-refractivity contribution in [3.63, 3.8) is 0 Å². The maximum atomic E-state index is 11.6. The van der Waals surface area contributed by atoms with Gasteiger partial charge in [0.1, 0.15) is 0 Å². The third-order valence-electron chi connectivity index (χ3n) is 3.01. The summed E-state index contributed by atoms with van der Waals surface area (Å²) in [6, 6.07) is 7.88. The molecule has 1 fully saturated rings. The van der Waals surface area contributed by atoms with Gasteiger partial charge in [0.2, 0.25) is 5.91 Å². The Morgan fingerprint density at radius 2 is 2.17 bits per heavy atom. The molecule has 0 spiro atoms. The number of likely N-dealkylation sites (tertiary alicyclic amines) is 1. The molecule has 1 aromatic carbocycles. The SMILES string of the molecule is O=C1CCCN1Cc1ccccc1C#CCCO. The Morgan fingerprint density at radius 3 is 2.89 bits per heavy atom. The van der Waals surface area contributed by atoms with Crippen molar-refractivity contribution in [2.24, 2.45) is 0 Å². The first kappa shape index (κ1) is 12.7. The lowest BCUT2D eigenvalue weighted by molar-refractivity contribution is -0.128. The molecule has 1 aromatic rings. The number of hydrogen-bond acceptors (Lipinski definition) is 2. The van der Waals surface area contributed by atoms with E-state index in [1.54, 1.807) is 0 Å². The van der Waals surface area contributed by atoms with Crippen molar-refractivity contribution in [3.05, 3.63) is 35.4 Å². The Balaban J connectivity index is 2.12. The molecule has 0 saturated carbocycles. The van der Waals surface area contributed by atoms with E-state index in [0.717, 1.165) is 24.1 Å². The number of carbonyl (C=O) groups is 1. The quantitative estimate of drug-likeness (QED) is 0.818. The first-order chi connectivity index (χ1) is 8.81. The summed E-state index contributed by atoms with van der Waals surface area (Å²) in [5.41, 5.74) is 2.03. The van der Waals surface area contributed by atoms with Crippen molar-refractivity contribution < 1.29 is 9.90 Å². The monoisotopic (exact) mass is 243 g/mol. The van der Waals surface area contributed by atoms with E-state index in [1.807, 2.05) is 29.2 Å². The fourth-order valence-corrected chi connectivity index (χ4v) is 2.07. The predicted octanol–water partition coefficient (Wildman–Crippen LogP) is 1.54. The summed E-state index contributed by atoms with van der Waals surface area (Å²) < 4.78 is 0. The fraction of sp³-hybridized carbons (Fsp3) is 0.400. The zero-order valence-electron chi connectivity index (χ0n) is 10.4. The minimum absolute atomic E-state index is 0.0831. The smallest absolute Gasteiger partial charge is 0.222 e. The van der Waals surface area contributed by atoms with Gasteiger partial charge in [-0.25, -0.2) is 0 Å². The molecular weight excluding hydrogens is 226 g/mol. The molecule has 0 bridgehead atoms. The van der Waals surface area contributed by atoms with E-state index in [2.05, 4.69) is 11.8 Å². The molecule has 18 heavy (non-hydrogen) atoms. The number of aliphatic hydroxyl groups excluding tert-OH is 1. The minimum atomic E-state index is 0.0831. The van der Waals surface area contributed by atoms with E-state index in [4.69, 9.17) is 5.11 Å². The van der Waals surface area contributed by atoms with E-state index in [1.165, 1.54) is 0 Å². The molecule has 3 heteroatoms. The summed E-state index contributed by atoms with van der Waals surface area (Å²) in [6.07, 6.45) is 2.10. The zero-order chi connectivity index (χ0) is 12.8. The van der Waals surface area contributed by atoms with Crippen LogP contribution in [0.15, 0.2) is 24.3 Å². The van der Waals surface area contributed by atoms with Gasteiger partial charge in [0.15, 0.2) is 0 Å². The summed E-state index contributed by atoms with van der Waals surface area (Å²) in [6.45, 7) is 1.57. The van der Waals surface area contributed by atoms with Crippen molar-refractivity contribution >= 4 is 5.91 Å². The lowest BCUT2D eigenvalue weighted by Crippen LogP contribution is -2.24. The van der Waals surface area contributed by atoms with Gasteiger partial charge in [-0.3, -0.25) is 4.79 Å². The fourth-order valence-electron chi connectivity index (χ4n) is 2.07. The topological polar surface area (TPSA) is 40.5 Å². The molecule has 0 atom stereocenters. The van der Waals surface area contributed by atoms with Crippen LogP contribution in [0.25, 0.3) is 0 Å².